The van der Waals surface area contributed by atoms with E-state index in [-0.39, 0.29) is 5.91 Å². The molecule has 98 valence electrons. The first-order valence-corrected chi connectivity index (χ1v) is 6.88. The van der Waals surface area contributed by atoms with Gasteiger partial charge in [-0.3, -0.25) is 9.69 Å². The Morgan fingerprint density at radius 2 is 2.22 bits per heavy atom. The molecule has 1 fully saturated rings. The van der Waals surface area contributed by atoms with Crippen molar-refractivity contribution in [2.75, 3.05) is 39.3 Å². The van der Waals surface area contributed by atoms with E-state index in [4.69, 9.17) is 0 Å². The normalized spacial score (nSPS) is 16.5. The van der Waals surface area contributed by atoms with Crippen LogP contribution in [0.4, 0.5) is 0 Å². The average Bonchev–Trinajstić information content (AvgIpc) is 2.40. The molecule has 0 atom stereocenters. The number of piperazine rings is 1. The maximum atomic E-state index is 11.8. The molecule has 18 heavy (non-hydrogen) atoms. The summed E-state index contributed by atoms with van der Waals surface area (Å²) < 4.78 is 0.875. The third kappa shape index (κ3) is 4.04. The van der Waals surface area contributed by atoms with Gasteiger partial charge in [-0.15, -0.1) is 0 Å². The zero-order chi connectivity index (χ0) is 12.8. The van der Waals surface area contributed by atoms with E-state index < -0.39 is 0 Å². The van der Waals surface area contributed by atoms with E-state index in [2.05, 4.69) is 36.4 Å². The van der Waals surface area contributed by atoms with Gasteiger partial charge in [-0.2, -0.15) is 0 Å². The van der Waals surface area contributed by atoms with Gasteiger partial charge in [-0.05, 0) is 28.1 Å². The molecule has 0 spiro atoms. The lowest BCUT2D eigenvalue weighted by molar-refractivity contribution is 0.0942. The first-order valence-electron chi connectivity index (χ1n) is 6.08. The summed E-state index contributed by atoms with van der Waals surface area (Å²) in [4.78, 5) is 18.2. The molecule has 1 aliphatic rings. The number of pyridine rings is 1. The number of hydrogen-bond donors (Lipinski definition) is 2. The summed E-state index contributed by atoms with van der Waals surface area (Å²) in [5, 5.41) is 6.19. The van der Waals surface area contributed by atoms with Gasteiger partial charge in [0.25, 0.3) is 5.91 Å². The van der Waals surface area contributed by atoms with E-state index in [0.717, 1.165) is 37.2 Å². The van der Waals surface area contributed by atoms with Crippen LogP contribution in [0.5, 0.6) is 0 Å². The molecule has 2 N–H and O–H groups in total. The summed E-state index contributed by atoms with van der Waals surface area (Å²) in [6.45, 7) is 5.71. The third-order valence-electron chi connectivity index (χ3n) is 2.88. The Morgan fingerprint density at radius 3 is 2.89 bits per heavy atom. The van der Waals surface area contributed by atoms with E-state index in [0.29, 0.717) is 12.2 Å². The van der Waals surface area contributed by atoms with Crippen LogP contribution < -0.4 is 10.6 Å². The van der Waals surface area contributed by atoms with Crippen molar-refractivity contribution in [1.29, 1.82) is 0 Å². The predicted molar refractivity (Wildman–Crippen MR) is 73.6 cm³/mol. The number of nitrogens with zero attached hydrogens (tertiary/aromatic N) is 2. The smallest absolute Gasteiger partial charge is 0.269 e. The zero-order valence-corrected chi connectivity index (χ0v) is 11.7. The van der Waals surface area contributed by atoms with Crippen LogP contribution >= 0.6 is 15.9 Å². The van der Waals surface area contributed by atoms with Gasteiger partial charge in [-0.25, -0.2) is 4.98 Å². The third-order valence-corrected chi connectivity index (χ3v) is 3.35. The van der Waals surface area contributed by atoms with Crippen LogP contribution in [0.2, 0.25) is 0 Å². The zero-order valence-electron chi connectivity index (χ0n) is 10.2. The van der Waals surface area contributed by atoms with Gasteiger partial charge in [0.2, 0.25) is 0 Å². The Kier molecular flexibility index (Phi) is 5.10. The number of carbonyl (C=O) groups excluding carboxylic acids is 1. The molecule has 0 aromatic carbocycles. The number of halogens is 1. The molecule has 1 aromatic rings. The predicted octanol–water partition coefficient (Wildman–Crippen LogP) is 0.479. The molecule has 1 amide bonds. The molecule has 2 rings (SSSR count). The molecule has 6 heteroatoms. The lowest BCUT2D eigenvalue weighted by Crippen LogP contribution is -2.46. The summed E-state index contributed by atoms with van der Waals surface area (Å²) in [6.07, 6.45) is 1.63. The van der Waals surface area contributed by atoms with E-state index in [1.54, 1.807) is 12.3 Å². The van der Waals surface area contributed by atoms with Crippen LogP contribution in [-0.2, 0) is 0 Å². The minimum Gasteiger partial charge on any atom is -0.349 e. The lowest BCUT2D eigenvalue weighted by Gasteiger charge is -2.27. The van der Waals surface area contributed by atoms with E-state index >= 15 is 0 Å². The Labute approximate surface area is 115 Å². The van der Waals surface area contributed by atoms with E-state index in [1.165, 1.54) is 0 Å². The number of rotatable bonds is 4. The van der Waals surface area contributed by atoms with Gasteiger partial charge in [0.15, 0.2) is 0 Å². The number of nitrogens with one attached hydrogen (secondary N) is 2. The van der Waals surface area contributed by atoms with Gasteiger partial charge in [0.1, 0.15) is 5.69 Å². The molecule has 0 bridgehead atoms. The maximum absolute atomic E-state index is 11.8. The first kappa shape index (κ1) is 13.5. The minimum absolute atomic E-state index is 0.113. The standard InChI is InChI=1S/C12H17BrN4O/c13-10-1-2-11(16-9-10)12(18)15-5-8-17-6-3-14-4-7-17/h1-2,9,14H,3-8H2,(H,15,18). The number of amides is 1. The maximum Gasteiger partial charge on any atom is 0.269 e. The fourth-order valence-corrected chi connectivity index (χ4v) is 2.10. The van der Waals surface area contributed by atoms with Crippen molar-refractivity contribution in [2.45, 2.75) is 0 Å². The van der Waals surface area contributed by atoms with Crippen molar-refractivity contribution in [3.05, 3.63) is 28.5 Å². The van der Waals surface area contributed by atoms with Gasteiger partial charge >= 0.3 is 0 Å². The largest absolute Gasteiger partial charge is 0.349 e. The molecular weight excluding hydrogens is 296 g/mol. The number of carbonyl (C=O) groups is 1. The van der Waals surface area contributed by atoms with Crippen molar-refractivity contribution in [3.8, 4) is 0 Å². The van der Waals surface area contributed by atoms with Crippen LogP contribution in [0.25, 0.3) is 0 Å². The van der Waals surface area contributed by atoms with Crippen LogP contribution in [0.1, 0.15) is 10.5 Å². The Morgan fingerprint density at radius 1 is 1.44 bits per heavy atom. The highest BCUT2D eigenvalue weighted by molar-refractivity contribution is 9.10. The van der Waals surface area contributed by atoms with E-state index in [9.17, 15) is 4.79 Å². The number of hydrogen-bond acceptors (Lipinski definition) is 4. The quantitative estimate of drug-likeness (QED) is 0.849. The van der Waals surface area contributed by atoms with E-state index in [1.807, 2.05) is 6.07 Å². The molecule has 5 nitrogen and oxygen atoms in total. The summed E-state index contributed by atoms with van der Waals surface area (Å²) in [5.41, 5.74) is 0.457. The van der Waals surface area contributed by atoms with Gasteiger partial charge in [-0.1, -0.05) is 0 Å². The molecule has 1 saturated heterocycles. The summed E-state index contributed by atoms with van der Waals surface area (Å²) >= 11 is 3.29. The molecule has 1 aliphatic heterocycles. The van der Waals surface area contributed by atoms with Crippen molar-refractivity contribution >= 4 is 21.8 Å². The molecule has 0 unspecified atom stereocenters. The minimum atomic E-state index is -0.113. The van der Waals surface area contributed by atoms with Crippen LogP contribution in [0.15, 0.2) is 22.8 Å². The van der Waals surface area contributed by atoms with Gasteiger partial charge < -0.3 is 10.6 Å². The first-order chi connectivity index (χ1) is 8.75. The summed E-state index contributed by atoms with van der Waals surface area (Å²) in [5.74, 6) is -0.113. The Hall–Kier alpha value is -0.980. The van der Waals surface area contributed by atoms with Crippen molar-refractivity contribution < 1.29 is 4.79 Å². The monoisotopic (exact) mass is 312 g/mol. The number of aromatic nitrogens is 1. The van der Waals surface area contributed by atoms with Crippen molar-refractivity contribution in [3.63, 3.8) is 0 Å². The molecule has 1 aromatic heterocycles. The van der Waals surface area contributed by atoms with Crippen LogP contribution in [0.3, 0.4) is 0 Å². The lowest BCUT2D eigenvalue weighted by atomic mass is 10.3. The second-order valence-corrected chi connectivity index (χ2v) is 5.12. The van der Waals surface area contributed by atoms with Crippen LogP contribution in [0, 0.1) is 0 Å². The van der Waals surface area contributed by atoms with Crippen molar-refractivity contribution in [1.82, 2.24) is 20.5 Å². The fraction of sp³-hybridized carbons (Fsp3) is 0.500. The second kappa shape index (κ2) is 6.82. The highest BCUT2D eigenvalue weighted by Gasteiger charge is 2.10. The van der Waals surface area contributed by atoms with Gasteiger partial charge in [0.05, 0.1) is 0 Å². The Balaban J connectivity index is 1.72. The molecule has 0 aliphatic carbocycles. The highest BCUT2D eigenvalue weighted by Crippen LogP contribution is 2.07. The second-order valence-electron chi connectivity index (χ2n) is 4.21. The average molecular weight is 313 g/mol. The van der Waals surface area contributed by atoms with Crippen molar-refractivity contribution in [2.24, 2.45) is 0 Å². The summed E-state index contributed by atoms with van der Waals surface area (Å²) in [7, 11) is 0. The van der Waals surface area contributed by atoms with Crippen LogP contribution in [-0.4, -0.2) is 55.1 Å². The molecule has 2 heterocycles. The fourth-order valence-electron chi connectivity index (χ4n) is 1.86. The topological polar surface area (TPSA) is 57.3 Å². The SMILES string of the molecule is O=C(NCCN1CCNCC1)c1ccc(Br)cn1. The molecule has 0 saturated carbocycles. The molecule has 0 radical (unpaired) electrons. The summed E-state index contributed by atoms with van der Waals surface area (Å²) in [6, 6.07) is 3.53. The Bertz CT molecular complexity index is 390. The molecular formula is C12H17BrN4O. The van der Waals surface area contributed by atoms with Gasteiger partial charge in [0, 0.05) is 49.9 Å². The highest BCUT2D eigenvalue weighted by atomic mass is 79.9.